The first-order valence-corrected chi connectivity index (χ1v) is 58.9. The summed E-state index contributed by atoms with van der Waals surface area (Å²) in [7, 11) is -7.65. The predicted molar refractivity (Wildman–Crippen MR) is 543 cm³/mol. The van der Waals surface area contributed by atoms with E-state index in [1.54, 1.807) is 0 Å². The maximum absolute atomic E-state index is 16.3. The second-order valence-corrected chi connectivity index (χ2v) is 48.9. The van der Waals surface area contributed by atoms with Crippen molar-refractivity contribution in [3.05, 3.63) is 71.3 Å². The van der Waals surface area contributed by atoms with Crippen LogP contribution in [0.15, 0.2) is 54.6 Å². The second kappa shape index (κ2) is 68.5. The molecule has 2 fully saturated rings. The van der Waals surface area contributed by atoms with Crippen LogP contribution in [0.4, 0.5) is 0 Å². The zero-order valence-electron chi connectivity index (χ0n) is 88.1. The molecule has 134 heavy (non-hydrogen) atoms. The number of carbonyl (C=O) groups excluding carboxylic acids is 6. The van der Waals surface area contributed by atoms with Crippen LogP contribution in [0.25, 0.3) is 0 Å². The Balaban J connectivity index is 1.76. The molecule has 21 nitrogen and oxygen atoms in total. The molecule has 3 aliphatic rings. The van der Waals surface area contributed by atoms with Crippen molar-refractivity contribution in [2.45, 2.75) is 538 Å². The van der Waals surface area contributed by atoms with E-state index in [1.165, 1.54) is 109 Å². The van der Waals surface area contributed by atoms with E-state index in [0.717, 1.165) is 160 Å². The number of unbranched alkanes of at least 4 members (excludes halogenated alkanes) is 34. The van der Waals surface area contributed by atoms with Crippen molar-refractivity contribution in [2.24, 2.45) is 47.3 Å². The average molecular weight is 1920 g/mol. The molecule has 2 saturated heterocycles. The summed E-state index contributed by atoms with van der Waals surface area (Å²) < 4.78 is 99.0. The summed E-state index contributed by atoms with van der Waals surface area (Å²) in [6, 6.07) is 14.4. The molecule has 2 N–H and O–H groups in total. The van der Waals surface area contributed by atoms with Gasteiger partial charge in [-0.25, -0.2) is 4.57 Å². The average Bonchev–Trinajstić information content (AvgIpc) is 1.05. The number of esters is 4. The summed E-state index contributed by atoms with van der Waals surface area (Å²) in [4.78, 5) is 91.7. The molecule has 3 aliphatic heterocycles. The molecule has 19 atom stereocenters. The minimum Gasteiger partial charge on any atom is -0.461 e. The van der Waals surface area contributed by atoms with Crippen molar-refractivity contribution in [1.82, 2.24) is 10.6 Å². The molecule has 0 spiro atoms. The lowest BCUT2D eigenvalue weighted by Gasteiger charge is -2.50. The molecule has 9 unspecified atom stereocenters. The van der Waals surface area contributed by atoms with Crippen LogP contribution in [0.5, 0.6) is 0 Å². The number of hydrogen-bond acceptors (Lipinski definition) is 19. The first kappa shape index (κ1) is 120. The third-order valence-corrected chi connectivity index (χ3v) is 35.2. The number of phosphoric ester groups is 1. The number of benzene rings is 2. The Morgan fingerprint density at radius 3 is 1.25 bits per heavy atom. The van der Waals surface area contributed by atoms with Crippen molar-refractivity contribution in [1.29, 1.82) is 0 Å². The topological polar surface area (TPSA) is 254 Å². The van der Waals surface area contributed by atoms with Crippen LogP contribution in [0.3, 0.4) is 0 Å². The molecule has 0 bridgehead atoms. The molecule has 2 aromatic rings. The third-order valence-electron chi connectivity index (χ3n) is 29.4. The van der Waals surface area contributed by atoms with E-state index in [1.807, 2.05) is 103 Å². The molecule has 3 heterocycles. The molecule has 0 aliphatic carbocycles. The Bertz CT molecular complexity index is 3480. The normalized spacial score (nSPS) is 21.8. The van der Waals surface area contributed by atoms with Crippen LogP contribution in [0, 0.1) is 47.3 Å². The Labute approximate surface area is 816 Å². The highest BCUT2D eigenvalue weighted by atomic mass is 31.2. The monoisotopic (exact) mass is 1920 g/mol. The number of hydrogen-bond donors (Lipinski definition) is 2. The molecule has 23 heteroatoms. The van der Waals surface area contributed by atoms with Gasteiger partial charge in [0, 0.05) is 18.8 Å². The number of nitrogens with one attached hydrogen (secondary N) is 2. The highest BCUT2D eigenvalue weighted by molar-refractivity contribution is 7.48. The Morgan fingerprint density at radius 2 is 0.813 bits per heavy atom. The van der Waals surface area contributed by atoms with Crippen LogP contribution in [0.1, 0.15) is 449 Å². The smallest absolute Gasteiger partial charge is 0.461 e. The van der Waals surface area contributed by atoms with Gasteiger partial charge in [-0.3, -0.25) is 42.3 Å². The Hall–Kier alpha value is -4.61. The van der Waals surface area contributed by atoms with Gasteiger partial charge in [0.15, 0.2) is 27.0 Å². The van der Waals surface area contributed by atoms with Crippen molar-refractivity contribution in [2.75, 3.05) is 13.2 Å². The van der Waals surface area contributed by atoms with Gasteiger partial charge in [-0.1, -0.05) is 436 Å². The van der Waals surface area contributed by atoms with Gasteiger partial charge in [0.2, 0.25) is 11.8 Å². The van der Waals surface area contributed by atoms with Crippen LogP contribution in [-0.4, -0.2) is 125 Å². The highest BCUT2D eigenvalue weighted by Gasteiger charge is 2.56. The quantitative estimate of drug-likeness (QED) is 0.0205. The van der Waals surface area contributed by atoms with Gasteiger partial charge in [0.05, 0.1) is 63.8 Å². The van der Waals surface area contributed by atoms with Crippen LogP contribution in [-0.2, 0) is 109 Å². The fourth-order valence-electron chi connectivity index (χ4n) is 18.3. The van der Waals surface area contributed by atoms with E-state index in [4.69, 9.17) is 55.9 Å². The molecule has 2 amide bonds. The van der Waals surface area contributed by atoms with Gasteiger partial charge in [-0.15, -0.1) is 0 Å². The SMILES string of the molecule is CCCCCCCCCCCC(C)C(=O)O[C@@H](CC(=O)NC1[C@H](OCC2O[C@@H](O[Si](C)(C)C(C)(C)C)C(NC(=O)C[C@H](C)CC)[C@@H](OC(=O)C[C@H](C)C(C)CCCCCCCCC)[C@@H]2C)OC(COCc2ccccc2)[C@@H](OP2(=O)OCc3ccccc3CO2)[C@@H]1OC(=O)C[C@H](OC(=O)C(C)CCCCCCCCCCC)C(C)CCCCCCCCC)C(C)CCCCCCCCC. The first-order valence-electron chi connectivity index (χ1n) is 54.6. The highest BCUT2D eigenvalue weighted by Crippen LogP contribution is 2.56. The zero-order chi connectivity index (χ0) is 98.1. The zero-order valence-corrected chi connectivity index (χ0v) is 89.9. The molecule has 0 aromatic heterocycles. The first-order chi connectivity index (χ1) is 64.3. The van der Waals surface area contributed by atoms with Gasteiger partial charge in [-0.2, -0.15) is 0 Å². The van der Waals surface area contributed by atoms with Gasteiger partial charge in [0.25, 0.3) is 0 Å². The largest absolute Gasteiger partial charge is 0.475 e. The van der Waals surface area contributed by atoms with Crippen LogP contribution < -0.4 is 10.6 Å². The van der Waals surface area contributed by atoms with Crippen LogP contribution >= 0.6 is 7.82 Å². The maximum atomic E-state index is 16.3. The number of ether oxygens (including phenoxy) is 8. The van der Waals surface area contributed by atoms with Crippen molar-refractivity contribution >= 4 is 51.8 Å². The summed E-state index contributed by atoms with van der Waals surface area (Å²) in [5.41, 5.74) is 2.25. The van der Waals surface area contributed by atoms with E-state index < -0.39 is 132 Å². The summed E-state index contributed by atoms with van der Waals surface area (Å²) in [5.74, 6) is -4.94. The predicted octanol–water partition coefficient (Wildman–Crippen LogP) is 28.9. The van der Waals surface area contributed by atoms with Crippen LogP contribution in [0.2, 0.25) is 18.1 Å². The fourth-order valence-corrected chi connectivity index (χ4v) is 20.8. The molecular formula is C111H195N2O19PSi. The van der Waals surface area contributed by atoms with Gasteiger partial charge >= 0.3 is 31.7 Å². The maximum Gasteiger partial charge on any atom is 0.475 e. The molecule has 0 saturated carbocycles. The third kappa shape index (κ3) is 47.3. The number of carbonyl (C=O) groups is 6. The van der Waals surface area contributed by atoms with E-state index in [-0.39, 0.29) is 98.8 Å². The summed E-state index contributed by atoms with van der Waals surface area (Å²) >= 11 is 0. The number of phosphoric acid groups is 1. The lowest BCUT2D eigenvalue weighted by molar-refractivity contribution is -0.293. The number of amides is 2. The minimum absolute atomic E-state index is 0.0315. The second-order valence-electron chi connectivity index (χ2n) is 42.5. The van der Waals surface area contributed by atoms with Crippen molar-refractivity contribution in [3.8, 4) is 0 Å². The lowest BCUT2D eigenvalue weighted by Crippen LogP contribution is -2.67. The molecular weight excluding hydrogens is 1720 g/mol. The summed E-state index contributed by atoms with van der Waals surface area (Å²) in [5, 5.41) is 6.23. The van der Waals surface area contributed by atoms with Gasteiger partial charge in [-0.05, 0) is 90.1 Å². The Kier molecular flexibility index (Phi) is 61.3. The van der Waals surface area contributed by atoms with E-state index in [2.05, 4.69) is 93.0 Å². The molecule has 2 aromatic carbocycles. The minimum atomic E-state index is -4.78. The Morgan fingerprint density at radius 1 is 0.433 bits per heavy atom. The molecule has 5 rings (SSSR count). The molecule has 772 valence electrons. The van der Waals surface area contributed by atoms with Crippen molar-refractivity contribution < 1.29 is 89.2 Å². The van der Waals surface area contributed by atoms with Crippen molar-refractivity contribution in [3.63, 3.8) is 0 Å². The standard InChI is InChI=1S/C111H195N2O19PSi/c1-20-26-31-36-41-43-48-53-59-68-87(11)107(118)125-94(85(9)66-57-51-46-39-34-29-23-4)76-99(115)113-103-106(130-101(117)77-95(86(10)67-58-52-47-40-35-30-24-5)126-108(119)88(12)69-60-54-49-44-42-37-32-27-21-2)105(131-133(120)123-79-92-72-63-64-73-93(92)80-124-133)97(81-121-78-91-70-61-55-62-71-91)128-109(103)122-82-96-90(14)104(129-100(116)75-89(13)84(8)65-56-50-45-38-33-28-22-3)102(112-98(114)74-83(7)25-6)110(127-96)132-134(18,19)111(15,16)17/h55,61-64,70-73,83-90,94-97,102-106,109-110H,20-54,56-60,65-69,74-82H2,1-19H3,(H,112,114)(H,113,115)/t83-,84?,85?,86?,87?,88?,89+,90-,94+,95+,96?,97?,102?,103?,104+,105-,106-,109-,110+/m1/s1. The lowest BCUT2D eigenvalue weighted by atomic mass is 9.87. The number of fused-ring (bicyclic) bond motifs is 1. The van der Waals surface area contributed by atoms with E-state index in [0.29, 0.717) is 36.8 Å². The summed E-state index contributed by atoms with van der Waals surface area (Å²) in [6.07, 6.45) is 36.1. The molecule has 0 radical (unpaired) electrons. The van der Waals surface area contributed by atoms with E-state index >= 15 is 18.9 Å². The van der Waals surface area contributed by atoms with Gasteiger partial charge < -0.3 is 53.0 Å². The van der Waals surface area contributed by atoms with Gasteiger partial charge in [0.1, 0.15) is 42.6 Å². The van der Waals surface area contributed by atoms with E-state index in [9.17, 15) is 14.4 Å². The number of rotatable bonds is 75. The summed E-state index contributed by atoms with van der Waals surface area (Å²) in [6.45, 7) is 39.0. The fraction of sp³-hybridized carbons (Fsp3) is 0.838.